The molecule has 1 saturated carbocycles. The highest BCUT2D eigenvalue weighted by Gasteiger charge is 2.34. The second-order valence-electron chi connectivity index (χ2n) is 5.55. The molecule has 0 aromatic carbocycles. The van der Waals surface area contributed by atoms with Gasteiger partial charge in [-0.2, -0.15) is 4.98 Å². The SMILES string of the molecule is CCCNc1nccc(NC2CCN(C3CC3)C2)n1. The molecule has 0 bridgehead atoms. The number of aromatic nitrogens is 2. The number of nitrogens with one attached hydrogen (secondary N) is 2. The predicted molar refractivity (Wildman–Crippen MR) is 77.4 cm³/mol. The fraction of sp³-hybridized carbons (Fsp3) is 0.714. The summed E-state index contributed by atoms with van der Waals surface area (Å²) in [6.07, 6.45) is 6.91. The maximum absolute atomic E-state index is 4.51. The van der Waals surface area contributed by atoms with Crippen molar-refractivity contribution >= 4 is 11.8 Å². The monoisotopic (exact) mass is 261 g/mol. The van der Waals surface area contributed by atoms with E-state index in [0.717, 1.165) is 37.3 Å². The molecule has 1 atom stereocenters. The lowest BCUT2D eigenvalue weighted by molar-refractivity contribution is 0.326. The van der Waals surface area contributed by atoms with E-state index in [4.69, 9.17) is 0 Å². The Morgan fingerprint density at radius 3 is 3.05 bits per heavy atom. The van der Waals surface area contributed by atoms with Gasteiger partial charge in [0.05, 0.1) is 0 Å². The molecule has 0 spiro atoms. The summed E-state index contributed by atoms with van der Waals surface area (Å²) in [4.78, 5) is 11.3. The Kier molecular flexibility index (Phi) is 3.82. The fourth-order valence-electron chi connectivity index (χ4n) is 2.65. The summed E-state index contributed by atoms with van der Waals surface area (Å²) >= 11 is 0. The topological polar surface area (TPSA) is 53.1 Å². The van der Waals surface area contributed by atoms with Gasteiger partial charge in [0.15, 0.2) is 0 Å². The van der Waals surface area contributed by atoms with E-state index in [1.165, 1.54) is 25.8 Å². The van der Waals surface area contributed by atoms with Crippen LogP contribution in [0.25, 0.3) is 0 Å². The molecule has 19 heavy (non-hydrogen) atoms. The molecule has 2 heterocycles. The first-order chi connectivity index (χ1) is 9.35. The molecule has 1 aromatic rings. The molecule has 3 rings (SSSR count). The first-order valence-corrected chi connectivity index (χ1v) is 7.42. The number of likely N-dealkylation sites (tertiary alicyclic amines) is 1. The van der Waals surface area contributed by atoms with E-state index in [1.54, 1.807) is 0 Å². The van der Waals surface area contributed by atoms with Crippen LogP contribution in [0.1, 0.15) is 32.6 Å². The van der Waals surface area contributed by atoms with Gasteiger partial charge >= 0.3 is 0 Å². The van der Waals surface area contributed by atoms with Crippen molar-refractivity contribution in [1.82, 2.24) is 14.9 Å². The molecule has 0 radical (unpaired) electrons. The molecule has 1 aliphatic carbocycles. The maximum Gasteiger partial charge on any atom is 0.224 e. The van der Waals surface area contributed by atoms with Gasteiger partial charge in [-0.15, -0.1) is 0 Å². The highest BCUT2D eigenvalue weighted by atomic mass is 15.2. The van der Waals surface area contributed by atoms with Gasteiger partial charge in [0.2, 0.25) is 5.95 Å². The van der Waals surface area contributed by atoms with E-state index in [0.29, 0.717) is 6.04 Å². The van der Waals surface area contributed by atoms with E-state index < -0.39 is 0 Å². The predicted octanol–water partition coefficient (Wildman–Crippen LogP) is 1.95. The smallest absolute Gasteiger partial charge is 0.224 e. The van der Waals surface area contributed by atoms with Crippen LogP contribution >= 0.6 is 0 Å². The van der Waals surface area contributed by atoms with E-state index >= 15 is 0 Å². The number of hydrogen-bond acceptors (Lipinski definition) is 5. The minimum absolute atomic E-state index is 0.537. The highest BCUT2D eigenvalue weighted by Crippen LogP contribution is 2.30. The molecular formula is C14H23N5. The van der Waals surface area contributed by atoms with Crippen molar-refractivity contribution in [3.63, 3.8) is 0 Å². The number of anilines is 2. The van der Waals surface area contributed by atoms with Crippen LogP contribution in [0.5, 0.6) is 0 Å². The lowest BCUT2D eigenvalue weighted by Crippen LogP contribution is -2.28. The Balaban J connectivity index is 1.54. The van der Waals surface area contributed by atoms with Crippen LogP contribution < -0.4 is 10.6 Å². The zero-order valence-corrected chi connectivity index (χ0v) is 11.6. The molecule has 1 saturated heterocycles. The molecule has 2 fully saturated rings. The summed E-state index contributed by atoms with van der Waals surface area (Å²) < 4.78 is 0. The van der Waals surface area contributed by atoms with Crippen molar-refractivity contribution in [3.8, 4) is 0 Å². The maximum atomic E-state index is 4.51. The van der Waals surface area contributed by atoms with E-state index in [-0.39, 0.29) is 0 Å². The first kappa shape index (κ1) is 12.7. The van der Waals surface area contributed by atoms with Gasteiger partial charge in [0, 0.05) is 37.9 Å². The lowest BCUT2D eigenvalue weighted by Gasteiger charge is -2.16. The van der Waals surface area contributed by atoms with Crippen LogP contribution in [-0.2, 0) is 0 Å². The van der Waals surface area contributed by atoms with Gasteiger partial charge < -0.3 is 10.6 Å². The molecule has 0 amide bonds. The highest BCUT2D eigenvalue weighted by molar-refractivity contribution is 5.40. The Hall–Kier alpha value is -1.36. The largest absolute Gasteiger partial charge is 0.366 e. The summed E-state index contributed by atoms with van der Waals surface area (Å²) in [7, 11) is 0. The van der Waals surface area contributed by atoms with Crippen LogP contribution in [0.2, 0.25) is 0 Å². The summed E-state index contributed by atoms with van der Waals surface area (Å²) in [6.45, 7) is 5.45. The quantitative estimate of drug-likeness (QED) is 0.819. The van der Waals surface area contributed by atoms with Gasteiger partial charge in [-0.05, 0) is 31.7 Å². The average molecular weight is 261 g/mol. The van der Waals surface area contributed by atoms with Crippen molar-refractivity contribution in [2.24, 2.45) is 0 Å². The Morgan fingerprint density at radius 2 is 2.26 bits per heavy atom. The van der Waals surface area contributed by atoms with Crippen molar-refractivity contribution < 1.29 is 0 Å². The van der Waals surface area contributed by atoms with Gasteiger partial charge in [-0.3, -0.25) is 4.90 Å². The van der Waals surface area contributed by atoms with Gasteiger partial charge in [0.25, 0.3) is 0 Å². The third-order valence-electron chi connectivity index (χ3n) is 3.82. The fourth-order valence-corrected chi connectivity index (χ4v) is 2.65. The van der Waals surface area contributed by atoms with Crippen LogP contribution in [0, 0.1) is 0 Å². The minimum atomic E-state index is 0.537. The number of rotatable bonds is 6. The van der Waals surface area contributed by atoms with Gasteiger partial charge in [-0.25, -0.2) is 4.98 Å². The molecule has 104 valence electrons. The zero-order chi connectivity index (χ0) is 13.1. The summed E-state index contributed by atoms with van der Waals surface area (Å²) in [5.41, 5.74) is 0. The molecule has 5 heteroatoms. The third kappa shape index (κ3) is 3.35. The second-order valence-corrected chi connectivity index (χ2v) is 5.55. The zero-order valence-electron chi connectivity index (χ0n) is 11.6. The van der Waals surface area contributed by atoms with Gasteiger partial charge in [-0.1, -0.05) is 6.92 Å². The molecular weight excluding hydrogens is 238 g/mol. The first-order valence-electron chi connectivity index (χ1n) is 7.42. The Bertz CT molecular complexity index is 418. The second kappa shape index (κ2) is 5.74. The van der Waals surface area contributed by atoms with Crippen LogP contribution in [0.4, 0.5) is 11.8 Å². The van der Waals surface area contributed by atoms with E-state index in [2.05, 4.69) is 32.4 Å². The summed E-state index contributed by atoms with van der Waals surface area (Å²) in [5.74, 6) is 1.67. The summed E-state index contributed by atoms with van der Waals surface area (Å²) in [5, 5.41) is 6.76. The van der Waals surface area contributed by atoms with Crippen molar-refractivity contribution in [1.29, 1.82) is 0 Å². The lowest BCUT2D eigenvalue weighted by atomic mass is 10.2. The molecule has 1 aliphatic heterocycles. The molecule has 2 N–H and O–H groups in total. The van der Waals surface area contributed by atoms with Crippen LogP contribution in [0.15, 0.2) is 12.3 Å². The Labute approximate surface area is 114 Å². The number of hydrogen-bond donors (Lipinski definition) is 2. The Morgan fingerprint density at radius 1 is 1.37 bits per heavy atom. The average Bonchev–Trinajstić information content (AvgIpc) is 3.18. The van der Waals surface area contributed by atoms with Crippen molar-refractivity contribution in [2.45, 2.75) is 44.7 Å². The van der Waals surface area contributed by atoms with E-state index in [9.17, 15) is 0 Å². The normalized spacial score (nSPS) is 23.5. The standard InChI is InChI=1S/C14H23N5/c1-2-7-15-14-16-8-5-13(18-14)17-11-6-9-19(10-11)12-3-4-12/h5,8,11-12H,2-4,6-7,9-10H2,1H3,(H2,15,16,17,18). The van der Waals surface area contributed by atoms with E-state index in [1.807, 2.05) is 12.3 Å². The summed E-state index contributed by atoms with van der Waals surface area (Å²) in [6, 6.07) is 3.37. The molecule has 2 aliphatic rings. The van der Waals surface area contributed by atoms with Crippen LogP contribution in [-0.4, -0.2) is 46.6 Å². The van der Waals surface area contributed by atoms with Gasteiger partial charge in [0.1, 0.15) is 5.82 Å². The van der Waals surface area contributed by atoms with Crippen molar-refractivity contribution in [3.05, 3.63) is 12.3 Å². The van der Waals surface area contributed by atoms with Crippen molar-refractivity contribution in [2.75, 3.05) is 30.3 Å². The number of nitrogens with zero attached hydrogens (tertiary/aromatic N) is 3. The third-order valence-corrected chi connectivity index (χ3v) is 3.82. The molecule has 5 nitrogen and oxygen atoms in total. The molecule has 1 aromatic heterocycles. The minimum Gasteiger partial charge on any atom is -0.366 e. The molecule has 1 unspecified atom stereocenters. The van der Waals surface area contributed by atoms with Crippen LogP contribution in [0.3, 0.4) is 0 Å².